The molecule has 1 aromatic rings. The van der Waals surface area contributed by atoms with Crippen molar-refractivity contribution in [3.8, 4) is 0 Å². The first-order valence-electron chi connectivity index (χ1n) is 8.72. The number of nitrogens with one attached hydrogen (secondary N) is 1. The highest BCUT2D eigenvalue weighted by molar-refractivity contribution is 5.78. The monoisotopic (exact) mass is 378 g/mol. The summed E-state index contributed by atoms with van der Waals surface area (Å²) < 4.78 is 15.3. The van der Waals surface area contributed by atoms with Crippen LogP contribution in [-0.4, -0.2) is 54.9 Å². The zero-order valence-corrected chi connectivity index (χ0v) is 16.1. The summed E-state index contributed by atoms with van der Waals surface area (Å²) in [5, 5.41) is 2.65. The van der Waals surface area contributed by atoms with E-state index in [9.17, 15) is 14.4 Å². The van der Waals surface area contributed by atoms with Gasteiger partial charge in [-0.3, -0.25) is 4.79 Å². The van der Waals surface area contributed by atoms with Gasteiger partial charge in [-0.25, -0.2) is 9.59 Å². The van der Waals surface area contributed by atoms with E-state index in [1.54, 1.807) is 20.8 Å². The first kappa shape index (κ1) is 20.5. The van der Waals surface area contributed by atoms with Crippen molar-refractivity contribution in [1.82, 2.24) is 10.2 Å². The van der Waals surface area contributed by atoms with Crippen molar-refractivity contribution < 1.29 is 28.6 Å². The van der Waals surface area contributed by atoms with Gasteiger partial charge in [-0.2, -0.15) is 0 Å². The Labute approximate surface area is 158 Å². The SMILES string of the molecule is COC(=O)[C@H]1CN(C(=O)OCc2ccccc2)C[C@H]1NC(=O)OC(C)(C)C. The lowest BCUT2D eigenvalue weighted by molar-refractivity contribution is -0.145. The fraction of sp³-hybridized carbons (Fsp3) is 0.526. The van der Waals surface area contributed by atoms with E-state index in [0.717, 1.165) is 5.56 Å². The quantitative estimate of drug-likeness (QED) is 0.638. The van der Waals surface area contributed by atoms with Crippen LogP contribution in [0.1, 0.15) is 26.3 Å². The zero-order valence-electron chi connectivity index (χ0n) is 16.1. The number of alkyl carbamates (subject to hydrolysis) is 1. The maximum absolute atomic E-state index is 12.3. The van der Waals surface area contributed by atoms with Crippen molar-refractivity contribution in [3.63, 3.8) is 0 Å². The molecule has 148 valence electrons. The molecule has 0 aliphatic carbocycles. The predicted octanol–water partition coefficient (Wildman–Crippen LogP) is 2.32. The van der Waals surface area contributed by atoms with Crippen molar-refractivity contribution in [2.75, 3.05) is 20.2 Å². The second kappa shape index (κ2) is 8.75. The summed E-state index contributed by atoms with van der Waals surface area (Å²) in [4.78, 5) is 37.8. The summed E-state index contributed by atoms with van der Waals surface area (Å²) in [5.74, 6) is -1.19. The number of hydrogen-bond acceptors (Lipinski definition) is 6. The van der Waals surface area contributed by atoms with Crippen LogP contribution >= 0.6 is 0 Å². The van der Waals surface area contributed by atoms with Gasteiger partial charge in [-0.05, 0) is 26.3 Å². The molecule has 0 saturated carbocycles. The Morgan fingerprint density at radius 1 is 1.15 bits per heavy atom. The number of esters is 1. The average Bonchev–Trinajstić information content (AvgIpc) is 3.02. The van der Waals surface area contributed by atoms with Crippen LogP contribution in [0.15, 0.2) is 30.3 Å². The minimum absolute atomic E-state index is 0.0980. The number of likely N-dealkylation sites (tertiary alicyclic amines) is 1. The van der Waals surface area contributed by atoms with E-state index in [1.807, 2.05) is 30.3 Å². The van der Waals surface area contributed by atoms with Gasteiger partial charge in [-0.1, -0.05) is 30.3 Å². The van der Waals surface area contributed by atoms with Gasteiger partial charge in [0.25, 0.3) is 0 Å². The minimum atomic E-state index is -0.688. The molecule has 1 heterocycles. The second-order valence-corrected chi connectivity index (χ2v) is 7.33. The van der Waals surface area contributed by atoms with Crippen LogP contribution in [0.4, 0.5) is 9.59 Å². The molecule has 2 amide bonds. The molecule has 0 bridgehead atoms. The van der Waals surface area contributed by atoms with Gasteiger partial charge in [0.15, 0.2) is 0 Å². The first-order valence-corrected chi connectivity index (χ1v) is 8.72. The van der Waals surface area contributed by atoms with E-state index >= 15 is 0 Å². The molecule has 1 aliphatic rings. The third-order valence-electron chi connectivity index (χ3n) is 3.99. The van der Waals surface area contributed by atoms with Crippen molar-refractivity contribution in [2.45, 2.75) is 39.0 Å². The molecule has 1 aliphatic heterocycles. The smallest absolute Gasteiger partial charge is 0.410 e. The van der Waals surface area contributed by atoms with E-state index < -0.39 is 35.7 Å². The number of ether oxygens (including phenoxy) is 3. The summed E-state index contributed by atoms with van der Waals surface area (Å²) in [5.41, 5.74) is 0.190. The van der Waals surface area contributed by atoms with Crippen LogP contribution in [0, 0.1) is 5.92 Å². The molecule has 0 unspecified atom stereocenters. The number of hydrogen-bond donors (Lipinski definition) is 1. The molecular weight excluding hydrogens is 352 g/mol. The van der Waals surface area contributed by atoms with Gasteiger partial charge in [0.05, 0.1) is 19.1 Å². The molecule has 1 saturated heterocycles. The third-order valence-corrected chi connectivity index (χ3v) is 3.99. The van der Waals surface area contributed by atoms with Gasteiger partial charge in [0.1, 0.15) is 12.2 Å². The fourth-order valence-electron chi connectivity index (χ4n) is 2.76. The van der Waals surface area contributed by atoms with Crippen molar-refractivity contribution >= 4 is 18.2 Å². The van der Waals surface area contributed by atoms with Gasteiger partial charge < -0.3 is 24.4 Å². The van der Waals surface area contributed by atoms with Gasteiger partial charge in [-0.15, -0.1) is 0 Å². The second-order valence-electron chi connectivity index (χ2n) is 7.33. The molecule has 8 nitrogen and oxygen atoms in total. The minimum Gasteiger partial charge on any atom is -0.469 e. The third kappa shape index (κ3) is 6.16. The number of nitrogens with zero attached hydrogens (tertiary/aromatic N) is 1. The summed E-state index contributed by atoms with van der Waals surface area (Å²) >= 11 is 0. The molecule has 1 fully saturated rings. The highest BCUT2D eigenvalue weighted by atomic mass is 16.6. The number of amides is 2. The van der Waals surface area contributed by atoms with Crippen LogP contribution < -0.4 is 5.32 Å². The van der Waals surface area contributed by atoms with Crippen molar-refractivity contribution in [1.29, 1.82) is 0 Å². The van der Waals surface area contributed by atoms with E-state index in [0.29, 0.717) is 0 Å². The highest BCUT2D eigenvalue weighted by Crippen LogP contribution is 2.20. The van der Waals surface area contributed by atoms with Crippen molar-refractivity contribution in [2.24, 2.45) is 5.92 Å². The lowest BCUT2D eigenvalue weighted by Gasteiger charge is -2.23. The Bertz CT molecular complexity index is 671. The Balaban J connectivity index is 1.97. The molecular formula is C19H26N2O6. The van der Waals surface area contributed by atoms with E-state index in [1.165, 1.54) is 12.0 Å². The van der Waals surface area contributed by atoms with E-state index in [-0.39, 0.29) is 19.7 Å². The van der Waals surface area contributed by atoms with E-state index in [2.05, 4.69) is 5.32 Å². The molecule has 8 heteroatoms. The number of rotatable bonds is 4. The topological polar surface area (TPSA) is 94.2 Å². The summed E-state index contributed by atoms with van der Waals surface area (Å²) in [6.07, 6.45) is -1.21. The molecule has 1 aromatic carbocycles. The molecule has 0 aromatic heterocycles. The summed E-state index contributed by atoms with van der Waals surface area (Å²) in [6, 6.07) is 8.67. The Morgan fingerprint density at radius 3 is 2.41 bits per heavy atom. The number of benzene rings is 1. The Morgan fingerprint density at radius 2 is 1.81 bits per heavy atom. The Hall–Kier alpha value is -2.77. The summed E-state index contributed by atoms with van der Waals surface area (Å²) in [6.45, 7) is 5.58. The van der Waals surface area contributed by atoms with Crippen molar-refractivity contribution in [3.05, 3.63) is 35.9 Å². The number of carbonyl (C=O) groups excluding carboxylic acids is 3. The largest absolute Gasteiger partial charge is 0.469 e. The normalized spacial score (nSPS) is 19.3. The molecule has 27 heavy (non-hydrogen) atoms. The Kier molecular flexibility index (Phi) is 6.65. The van der Waals surface area contributed by atoms with Crippen LogP contribution in [0.5, 0.6) is 0 Å². The fourth-order valence-corrected chi connectivity index (χ4v) is 2.76. The molecule has 2 rings (SSSR count). The number of methoxy groups -OCH3 is 1. The van der Waals surface area contributed by atoms with E-state index in [4.69, 9.17) is 14.2 Å². The standard InChI is InChI=1S/C19H26N2O6/c1-19(2,3)27-17(23)20-15-11-21(10-14(15)16(22)25-4)18(24)26-12-13-8-6-5-7-9-13/h5-9,14-15H,10-12H2,1-4H3,(H,20,23)/t14-,15+/m0/s1. The lowest BCUT2D eigenvalue weighted by atomic mass is 10.0. The van der Waals surface area contributed by atoms with Crippen LogP contribution in [0.25, 0.3) is 0 Å². The van der Waals surface area contributed by atoms with Gasteiger partial charge >= 0.3 is 18.2 Å². The summed E-state index contributed by atoms with van der Waals surface area (Å²) in [7, 11) is 1.27. The molecule has 0 radical (unpaired) electrons. The number of carbonyl (C=O) groups is 3. The maximum Gasteiger partial charge on any atom is 0.410 e. The van der Waals surface area contributed by atoms with Crippen LogP contribution in [-0.2, 0) is 25.6 Å². The van der Waals surface area contributed by atoms with Crippen LogP contribution in [0.2, 0.25) is 0 Å². The average molecular weight is 378 g/mol. The molecule has 2 atom stereocenters. The zero-order chi connectivity index (χ0) is 20.0. The van der Waals surface area contributed by atoms with Gasteiger partial charge in [0.2, 0.25) is 0 Å². The van der Waals surface area contributed by atoms with Crippen LogP contribution in [0.3, 0.4) is 0 Å². The lowest BCUT2D eigenvalue weighted by Crippen LogP contribution is -2.45. The molecule has 0 spiro atoms. The first-order chi connectivity index (χ1) is 12.7. The van der Waals surface area contributed by atoms with Gasteiger partial charge in [0, 0.05) is 13.1 Å². The molecule has 1 N–H and O–H groups in total. The predicted molar refractivity (Wildman–Crippen MR) is 96.9 cm³/mol. The maximum atomic E-state index is 12.3. The highest BCUT2D eigenvalue weighted by Gasteiger charge is 2.42.